The number of halogens is 4. The molecule has 0 fully saturated rings. The second-order valence-electron chi connectivity index (χ2n) is 4.10. The first-order chi connectivity index (χ1) is 9.31. The molecule has 0 amide bonds. The summed E-state index contributed by atoms with van der Waals surface area (Å²) in [5.74, 6) is -0.870. The van der Waals surface area contributed by atoms with Crippen LogP contribution in [0.5, 0.6) is 0 Å². The smallest absolute Gasteiger partial charge is 0.389 e. The van der Waals surface area contributed by atoms with Crippen molar-refractivity contribution in [2.75, 3.05) is 6.61 Å². The molecule has 0 spiro atoms. The Labute approximate surface area is 112 Å². The van der Waals surface area contributed by atoms with Crippen molar-refractivity contribution >= 4 is 5.84 Å². The number of ether oxygens (including phenoxy) is 1. The maximum atomic E-state index is 13.3. The van der Waals surface area contributed by atoms with E-state index in [9.17, 15) is 17.6 Å². The first-order valence-corrected chi connectivity index (χ1v) is 5.73. The number of hydrogen-bond donors (Lipinski definition) is 2. The van der Waals surface area contributed by atoms with E-state index in [-0.39, 0.29) is 31.0 Å². The standard InChI is InChI=1S/C12H14F4N2O2/c13-10-5-8(4-9(6-10)11(17)18-19)7-20-3-1-2-12(14,15)16/h4-6,19H,1-3,7H2,(H2,17,18). The molecule has 112 valence electrons. The first kappa shape index (κ1) is 16.2. The number of alkyl halides is 3. The predicted octanol–water partition coefficient (Wildman–Crippen LogP) is 2.78. The van der Waals surface area contributed by atoms with E-state index in [1.807, 2.05) is 0 Å². The van der Waals surface area contributed by atoms with Gasteiger partial charge in [-0.15, -0.1) is 0 Å². The third-order valence-electron chi connectivity index (χ3n) is 2.38. The molecule has 0 aliphatic carbocycles. The van der Waals surface area contributed by atoms with Gasteiger partial charge in [0.2, 0.25) is 0 Å². The van der Waals surface area contributed by atoms with Crippen LogP contribution in [0.25, 0.3) is 0 Å². The van der Waals surface area contributed by atoms with Gasteiger partial charge in [-0.1, -0.05) is 5.16 Å². The van der Waals surface area contributed by atoms with E-state index in [0.717, 1.165) is 12.1 Å². The van der Waals surface area contributed by atoms with Gasteiger partial charge in [0.05, 0.1) is 6.61 Å². The molecule has 0 aromatic heterocycles. The van der Waals surface area contributed by atoms with E-state index in [1.165, 1.54) is 6.07 Å². The van der Waals surface area contributed by atoms with Gasteiger partial charge in [0, 0.05) is 18.6 Å². The molecule has 1 rings (SSSR count). The summed E-state index contributed by atoms with van der Waals surface area (Å²) in [5.41, 5.74) is 5.88. The van der Waals surface area contributed by atoms with Crippen LogP contribution in [0.1, 0.15) is 24.0 Å². The summed E-state index contributed by atoms with van der Waals surface area (Å²) < 4.78 is 53.9. The van der Waals surface area contributed by atoms with Crippen LogP contribution in [0.3, 0.4) is 0 Å². The van der Waals surface area contributed by atoms with E-state index >= 15 is 0 Å². The van der Waals surface area contributed by atoms with Gasteiger partial charge < -0.3 is 15.7 Å². The fourth-order valence-electron chi connectivity index (χ4n) is 1.50. The van der Waals surface area contributed by atoms with Gasteiger partial charge in [0.1, 0.15) is 5.82 Å². The summed E-state index contributed by atoms with van der Waals surface area (Å²) in [6, 6.07) is 3.67. The summed E-state index contributed by atoms with van der Waals surface area (Å²) >= 11 is 0. The second kappa shape index (κ2) is 7.09. The van der Waals surface area contributed by atoms with Crippen molar-refractivity contribution < 1.29 is 27.5 Å². The molecule has 20 heavy (non-hydrogen) atoms. The number of nitrogens with zero attached hydrogens (tertiary/aromatic N) is 1. The molecular formula is C12H14F4N2O2. The normalized spacial score (nSPS) is 12.7. The Kier molecular flexibility index (Phi) is 5.75. The summed E-state index contributed by atoms with van der Waals surface area (Å²) in [6.07, 6.45) is -5.29. The number of amidine groups is 1. The lowest BCUT2D eigenvalue weighted by Gasteiger charge is -2.08. The highest BCUT2D eigenvalue weighted by molar-refractivity contribution is 5.97. The fraction of sp³-hybridized carbons (Fsp3) is 0.417. The van der Waals surface area contributed by atoms with E-state index in [4.69, 9.17) is 15.7 Å². The monoisotopic (exact) mass is 294 g/mol. The maximum Gasteiger partial charge on any atom is 0.389 e. The molecule has 8 heteroatoms. The van der Waals surface area contributed by atoms with Crippen molar-refractivity contribution in [3.63, 3.8) is 0 Å². The van der Waals surface area contributed by atoms with E-state index in [2.05, 4.69) is 5.16 Å². The predicted molar refractivity (Wildman–Crippen MR) is 63.9 cm³/mol. The molecule has 4 nitrogen and oxygen atoms in total. The Morgan fingerprint density at radius 1 is 1.30 bits per heavy atom. The largest absolute Gasteiger partial charge is 0.409 e. The van der Waals surface area contributed by atoms with Gasteiger partial charge >= 0.3 is 6.18 Å². The van der Waals surface area contributed by atoms with Crippen molar-refractivity contribution in [3.05, 3.63) is 35.1 Å². The molecule has 0 aliphatic rings. The zero-order chi connectivity index (χ0) is 15.2. The lowest BCUT2D eigenvalue weighted by molar-refractivity contribution is -0.138. The van der Waals surface area contributed by atoms with Crippen LogP contribution in [0.2, 0.25) is 0 Å². The molecule has 0 bridgehead atoms. The lowest BCUT2D eigenvalue weighted by Crippen LogP contribution is -2.14. The summed E-state index contributed by atoms with van der Waals surface area (Å²) in [6.45, 7) is -0.143. The van der Waals surface area contributed by atoms with Gasteiger partial charge in [-0.25, -0.2) is 4.39 Å². The number of rotatable bonds is 6. The van der Waals surface area contributed by atoms with Crippen molar-refractivity contribution in [3.8, 4) is 0 Å². The Bertz CT molecular complexity index is 475. The molecule has 3 N–H and O–H groups in total. The maximum absolute atomic E-state index is 13.3. The van der Waals surface area contributed by atoms with Gasteiger partial charge in [-0.3, -0.25) is 0 Å². The van der Waals surface area contributed by atoms with Gasteiger partial charge in [-0.05, 0) is 30.2 Å². The average Bonchev–Trinajstić information content (AvgIpc) is 2.35. The molecule has 0 atom stereocenters. The topological polar surface area (TPSA) is 67.8 Å². The minimum Gasteiger partial charge on any atom is -0.409 e. The number of benzene rings is 1. The number of oxime groups is 1. The number of nitrogens with two attached hydrogens (primary N) is 1. The molecule has 1 aromatic rings. The van der Waals surface area contributed by atoms with Crippen molar-refractivity contribution in [2.24, 2.45) is 10.9 Å². The van der Waals surface area contributed by atoms with E-state index in [0.29, 0.717) is 5.56 Å². The minimum absolute atomic E-state index is 0.0542. The Balaban J connectivity index is 2.50. The Morgan fingerprint density at radius 3 is 2.60 bits per heavy atom. The Hall–Kier alpha value is -1.83. The zero-order valence-electron chi connectivity index (χ0n) is 10.5. The van der Waals surface area contributed by atoms with Gasteiger partial charge in [0.15, 0.2) is 5.84 Å². The third-order valence-corrected chi connectivity index (χ3v) is 2.38. The van der Waals surface area contributed by atoms with Crippen molar-refractivity contribution in [1.82, 2.24) is 0 Å². The quantitative estimate of drug-likeness (QED) is 0.212. The van der Waals surface area contributed by atoms with Crippen molar-refractivity contribution in [2.45, 2.75) is 25.6 Å². The summed E-state index contributed by atoms with van der Waals surface area (Å²) in [4.78, 5) is 0. The van der Waals surface area contributed by atoms with Crippen LogP contribution in [-0.2, 0) is 11.3 Å². The first-order valence-electron chi connectivity index (χ1n) is 5.73. The molecule has 0 radical (unpaired) electrons. The highest BCUT2D eigenvalue weighted by Crippen LogP contribution is 2.21. The molecule has 0 saturated carbocycles. The van der Waals surface area contributed by atoms with Crippen LogP contribution in [-0.4, -0.2) is 23.8 Å². The second-order valence-corrected chi connectivity index (χ2v) is 4.10. The fourth-order valence-corrected chi connectivity index (χ4v) is 1.50. The van der Waals surface area contributed by atoms with Gasteiger partial charge in [-0.2, -0.15) is 13.2 Å². The molecule has 0 heterocycles. The van der Waals surface area contributed by atoms with Crippen LogP contribution in [0, 0.1) is 5.82 Å². The van der Waals surface area contributed by atoms with Crippen LogP contribution in [0.4, 0.5) is 17.6 Å². The molecule has 0 aliphatic heterocycles. The molecule has 0 saturated heterocycles. The summed E-state index contributed by atoms with van der Waals surface area (Å²) in [7, 11) is 0. The molecular weight excluding hydrogens is 280 g/mol. The average molecular weight is 294 g/mol. The Morgan fingerprint density at radius 2 is 2.00 bits per heavy atom. The van der Waals surface area contributed by atoms with Gasteiger partial charge in [0.25, 0.3) is 0 Å². The van der Waals surface area contributed by atoms with Crippen LogP contribution >= 0.6 is 0 Å². The minimum atomic E-state index is -4.21. The van der Waals surface area contributed by atoms with Crippen LogP contribution < -0.4 is 5.73 Å². The highest BCUT2D eigenvalue weighted by Gasteiger charge is 2.25. The number of hydrogen-bond acceptors (Lipinski definition) is 3. The lowest BCUT2D eigenvalue weighted by atomic mass is 10.1. The van der Waals surface area contributed by atoms with E-state index in [1.54, 1.807) is 0 Å². The molecule has 1 aromatic carbocycles. The zero-order valence-corrected chi connectivity index (χ0v) is 10.5. The SMILES string of the molecule is N/C(=N/O)c1cc(F)cc(COCCCC(F)(F)F)c1. The third kappa shape index (κ3) is 5.87. The highest BCUT2D eigenvalue weighted by atomic mass is 19.4. The van der Waals surface area contributed by atoms with Crippen LogP contribution in [0.15, 0.2) is 23.4 Å². The molecule has 0 unspecified atom stereocenters. The summed E-state index contributed by atoms with van der Waals surface area (Å²) in [5, 5.41) is 11.2. The van der Waals surface area contributed by atoms with E-state index < -0.39 is 18.4 Å². The van der Waals surface area contributed by atoms with Crippen molar-refractivity contribution in [1.29, 1.82) is 0 Å².